The topological polar surface area (TPSA) is 114 Å². The van der Waals surface area contributed by atoms with Crippen molar-refractivity contribution in [1.29, 1.82) is 0 Å². The first kappa shape index (κ1) is 23.3. The minimum atomic E-state index is -1.37. The average molecular weight is 371 g/mol. The molecule has 0 spiro atoms. The van der Waals surface area contributed by atoms with Crippen LogP contribution in [0.3, 0.4) is 0 Å². The molecule has 26 heavy (non-hydrogen) atoms. The highest BCUT2D eigenvalue weighted by Gasteiger charge is 2.26. The summed E-state index contributed by atoms with van der Waals surface area (Å²) in [6.45, 7) is 8.31. The van der Waals surface area contributed by atoms with Gasteiger partial charge >= 0.3 is 5.97 Å². The number of carbonyl (C=O) groups excluding carboxylic acids is 4. The molecule has 1 atom stereocenters. The van der Waals surface area contributed by atoms with Crippen molar-refractivity contribution in [2.75, 3.05) is 13.2 Å². The molecule has 0 heterocycles. The molecule has 0 bridgehead atoms. The van der Waals surface area contributed by atoms with Crippen molar-refractivity contribution in [2.24, 2.45) is 0 Å². The number of allylic oxidation sites excluding steroid dienone is 1. The zero-order valence-corrected chi connectivity index (χ0v) is 15.5. The number of carbonyl (C=O) groups is 4. The molecule has 3 N–H and O–H groups in total. The second kappa shape index (κ2) is 11.0. The average Bonchev–Trinajstić information content (AvgIpc) is 2.54. The molecule has 0 aromatic rings. The number of nitrogens with one attached hydrogen (secondary N) is 3. The lowest BCUT2D eigenvalue weighted by atomic mass is 10.1. The van der Waals surface area contributed by atoms with Crippen LogP contribution >= 0.6 is 0 Å². The van der Waals surface area contributed by atoms with E-state index in [1.807, 2.05) is 0 Å². The number of Topliss-reactive ketones (excluding diaryl/α,β-unsaturated/α-hetero) is 1. The smallest absolute Gasteiger partial charge is 0.308 e. The van der Waals surface area contributed by atoms with Crippen LogP contribution in [0, 0.1) is 0 Å². The normalized spacial score (nSPS) is 12.2. The summed E-state index contributed by atoms with van der Waals surface area (Å²) in [5.74, 6) is -3.10. The van der Waals surface area contributed by atoms with E-state index in [1.165, 1.54) is 6.20 Å². The Balaban J connectivity index is 4.65. The van der Waals surface area contributed by atoms with Crippen LogP contribution in [0.5, 0.6) is 0 Å². The molecule has 0 rings (SSSR count). The third kappa shape index (κ3) is 10.2. The molecule has 8 nitrogen and oxygen atoms in total. The van der Waals surface area contributed by atoms with Gasteiger partial charge in [-0.1, -0.05) is 12.7 Å². The summed E-state index contributed by atoms with van der Waals surface area (Å²) < 4.78 is 17.7. The van der Waals surface area contributed by atoms with E-state index < -0.39 is 54.8 Å². The van der Waals surface area contributed by atoms with Gasteiger partial charge in [0.15, 0.2) is 5.78 Å². The quantitative estimate of drug-likeness (QED) is 0.381. The van der Waals surface area contributed by atoms with Crippen molar-refractivity contribution >= 4 is 23.6 Å². The molecule has 0 aromatic heterocycles. The summed E-state index contributed by atoms with van der Waals surface area (Å²) in [6.07, 6.45) is 2.63. The predicted molar refractivity (Wildman–Crippen MR) is 93.5 cm³/mol. The molecule has 0 saturated carbocycles. The monoisotopic (exact) mass is 371 g/mol. The Kier molecular flexibility index (Phi) is 9.86. The fourth-order valence-electron chi connectivity index (χ4n) is 1.65. The van der Waals surface area contributed by atoms with Crippen LogP contribution in [0.1, 0.15) is 34.1 Å². The highest BCUT2D eigenvalue weighted by atomic mass is 19.1. The van der Waals surface area contributed by atoms with E-state index in [0.717, 1.165) is 0 Å². The minimum Gasteiger partial charge on any atom is -0.460 e. The van der Waals surface area contributed by atoms with Crippen molar-refractivity contribution in [3.63, 3.8) is 0 Å². The highest BCUT2D eigenvalue weighted by Crippen LogP contribution is 2.09. The molecular formula is C17H26FN3O5. The van der Waals surface area contributed by atoms with Crippen molar-refractivity contribution in [2.45, 2.75) is 45.8 Å². The lowest BCUT2D eigenvalue weighted by molar-refractivity contribution is -0.156. The summed E-state index contributed by atoms with van der Waals surface area (Å²) in [7, 11) is 0. The number of halogens is 1. The molecule has 2 amide bonds. The molecule has 0 aliphatic carbocycles. The van der Waals surface area contributed by atoms with E-state index in [-0.39, 0.29) is 5.70 Å². The molecule has 0 aliphatic rings. The zero-order valence-electron chi connectivity index (χ0n) is 15.5. The van der Waals surface area contributed by atoms with Gasteiger partial charge < -0.3 is 20.7 Å². The van der Waals surface area contributed by atoms with Crippen LogP contribution in [0.2, 0.25) is 0 Å². The van der Waals surface area contributed by atoms with Crippen molar-refractivity contribution in [1.82, 2.24) is 16.0 Å². The zero-order chi connectivity index (χ0) is 20.3. The summed E-state index contributed by atoms with van der Waals surface area (Å²) in [6, 6.07) is -1.37. The molecule has 146 valence electrons. The van der Waals surface area contributed by atoms with E-state index >= 15 is 0 Å². The summed E-state index contributed by atoms with van der Waals surface area (Å²) >= 11 is 0. The van der Waals surface area contributed by atoms with Crippen molar-refractivity contribution in [3.05, 3.63) is 24.6 Å². The number of esters is 1. The number of alkyl halides is 1. The van der Waals surface area contributed by atoms with E-state index in [9.17, 15) is 23.6 Å². The molecule has 0 fully saturated rings. The van der Waals surface area contributed by atoms with E-state index in [0.29, 0.717) is 0 Å². The Labute approximate surface area is 152 Å². The minimum absolute atomic E-state index is 0.0149. The van der Waals surface area contributed by atoms with Gasteiger partial charge in [0.2, 0.25) is 5.91 Å². The van der Waals surface area contributed by atoms with E-state index in [4.69, 9.17) is 4.74 Å². The first-order valence-electron chi connectivity index (χ1n) is 7.94. The van der Waals surface area contributed by atoms with Crippen LogP contribution < -0.4 is 16.0 Å². The van der Waals surface area contributed by atoms with Gasteiger partial charge in [-0.15, -0.1) is 0 Å². The van der Waals surface area contributed by atoms with Gasteiger partial charge in [0.1, 0.15) is 18.3 Å². The van der Waals surface area contributed by atoms with Gasteiger partial charge in [0.05, 0.1) is 18.7 Å². The number of ketones is 1. The maximum Gasteiger partial charge on any atom is 0.308 e. The second-order valence-electron chi connectivity index (χ2n) is 6.32. The number of hydrogen-bond donors (Lipinski definition) is 3. The van der Waals surface area contributed by atoms with Crippen LogP contribution in [0.25, 0.3) is 0 Å². The SMILES string of the molecule is C=C(N/C=C\C)C(=O)NCC(=O)NC(CC(=O)OC(C)(C)C)C(=O)CF. The summed E-state index contributed by atoms with van der Waals surface area (Å²) in [4.78, 5) is 46.9. The fraction of sp³-hybridized carbons (Fsp3) is 0.529. The molecule has 0 aromatic carbocycles. The van der Waals surface area contributed by atoms with Crippen molar-refractivity contribution in [3.8, 4) is 0 Å². The van der Waals surface area contributed by atoms with E-state index in [2.05, 4.69) is 22.5 Å². The Morgan fingerprint density at radius 1 is 1.23 bits per heavy atom. The number of hydrogen-bond acceptors (Lipinski definition) is 6. The summed E-state index contributed by atoms with van der Waals surface area (Å²) in [5, 5.41) is 7.08. The number of ether oxygens (including phenoxy) is 1. The largest absolute Gasteiger partial charge is 0.460 e. The fourth-order valence-corrected chi connectivity index (χ4v) is 1.65. The first-order valence-corrected chi connectivity index (χ1v) is 7.94. The second-order valence-corrected chi connectivity index (χ2v) is 6.32. The van der Waals surface area contributed by atoms with Gasteiger partial charge in [0, 0.05) is 0 Å². The van der Waals surface area contributed by atoms with E-state index in [1.54, 1.807) is 33.8 Å². The van der Waals surface area contributed by atoms with Gasteiger partial charge in [-0.2, -0.15) is 0 Å². The van der Waals surface area contributed by atoms with Crippen LogP contribution in [0.15, 0.2) is 24.6 Å². The first-order chi connectivity index (χ1) is 12.0. The summed E-state index contributed by atoms with van der Waals surface area (Å²) in [5.41, 5.74) is -0.764. The van der Waals surface area contributed by atoms with Gasteiger partial charge in [0.25, 0.3) is 5.91 Å². The molecule has 0 aliphatic heterocycles. The van der Waals surface area contributed by atoms with Gasteiger partial charge in [-0.05, 0) is 33.9 Å². The van der Waals surface area contributed by atoms with Gasteiger partial charge in [-0.25, -0.2) is 4.39 Å². The maximum atomic E-state index is 12.7. The molecular weight excluding hydrogens is 345 g/mol. The van der Waals surface area contributed by atoms with Crippen molar-refractivity contribution < 1.29 is 28.3 Å². The third-order valence-electron chi connectivity index (χ3n) is 2.75. The molecule has 9 heteroatoms. The Morgan fingerprint density at radius 2 is 1.85 bits per heavy atom. The molecule has 0 saturated heterocycles. The number of amides is 2. The van der Waals surface area contributed by atoms with Crippen LogP contribution in [-0.2, 0) is 23.9 Å². The Bertz CT molecular complexity index is 581. The molecule has 0 radical (unpaired) electrons. The lowest BCUT2D eigenvalue weighted by Crippen LogP contribution is -2.48. The number of rotatable bonds is 10. The third-order valence-corrected chi connectivity index (χ3v) is 2.75. The molecule has 1 unspecified atom stereocenters. The Morgan fingerprint density at radius 3 is 2.35 bits per heavy atom. The maximum absolute atomic E-state index is 12.7. The highest BCUT2D eigenvalue weighted by molar-refractivity contribution is 5.96. The standard InChI is InChI=1S/C17H26FN3O5/c1-6-7-19-11(2)16(25)20-10-14(23)21-12(13(22)9-18)8-15(24)26-17(3,4)5/h6-7,12,19H,2,8-10H2,1,3-5H3,(H,20,25)(H,21,23)/b7-6-. The van der Waals surface area contributed by atoms with Gasteiger partial charge in [-0.3, -0.25) is 19.2 Å². The predicted octanol–water partition coefficient (Wildman–Crippen LogP) is 0.495. The Hall–Kier alpha value is -2.71. The van der Waals surface area contributed by atoms with Crippen LogP contribution in [-0.4, -0.2) is 48.4 Å². The lowest BCUT2D eigenvalue weighted by Gasteiger charge is -2.22. The van der Waals surface area contributed by atoms with Crippen LogP contribution in [0.4, 0.5) is 4.39 Å².